The minimum Gasteiger partial charge on any atom is -0.496 e. The third-order valence-electron chi connectivity index (χ3n) is 4.81. The second-order valence-corrected chi connectivity index (χ2v) is 8.11. The van der Waals surface area contributed by atoms with Crippen molar-refractivity contribution in [3.8, 4) is 5.75 Å². The number of amides is 1. The monoisotopic (exact) mass is 436 g/mol. The van der Waals surface area contributed by atoms with Crippen molar-refractivity contribution in [2.75, 3.05) is 7.11 Å². The van der Waals surface area contributed by atoms with Crippen molar-refractivity contribution in [3.63, 3.8) is 0 Å². The molecule has 2 aromatic carbocycles. The van der Waals surface area contributed by atoms with Gasteiger partial charge in [-0.3, -0.25) is 4.79 Å². The van der Waals surface area contributed by atoms with Crippen LogP contribution in [0.4, 0.5) is 0 Å². The molecule has 0 radical (unpaired) electrons. The number of rotatable bonds is 11. The van der Waals surface area contributed by atoms with Gasteiger partial charge >= 0.3 is 0 Å². The lowest BCUT2D eigenvalue weighted by molar-refractivity contribution is -0.121. The van der Waals surface area contributed by atoms with Crippen LogP contribution in [0.15, 0.2) is 66.3 Å². The molecule has 0 saturated heterocycles. The lowest BCUT2D eigenvalue weighted by Crippen LogP contribution is -2.25. The molecule has 0 saturated carbocycles. The predicted molar refractivity (Wildman–Crippen MR) is 124 cm³/mol. The summed E-state index contributed by atoms with van der Waals surface area (Å²) in [7, 11) is 1.64. The Morgan fingerprint density at radius 2 is 2.06 bits per heavy atom. The van der Waals surface area contributed by atoms with Crippen LogP contribution in [0.1, 0.15) is 28.9 Å². The van der Waals surface area contributed by atoms with Crippen molar-refractivity contribution < 1.29 is 9.53 Å². The van der Waals surface area contributed by atoms with Gasteiger partial charge < -0.3 is 14.6 Å². The van der Waals surface area contributed by atoms with E-state index in [2.05, 4.69) is 53.3 Å². The largest absolute Gasteiger partial charge is 0.496 e. The Kier molecular flexibility index (Phi) is 8.29. The average Bonchev–Trinajstić information content (AvgIpc) is 3.17. The lowest BCUT2D eigenvalue weighted by Gasteiger charge is -2.10. The lowest BCUT2D eigenvalue weighted by atomic mass is 10.1. The summed E-state index contributed by atoms with van der Waals surface area (Å²) < 4.78 is 7.34. The van der Waals surface area contributed by atoms with Crippen LogP contribution in [0.2, 0.25) is 0 Å². The van der Waals surface area contributed by atoms with Crippen LogP contribution in [0, 0.1) is 6.92 Å². The van der Waals surface area contributed by atoms with E-state index in [9.17, 15) is 4.79 Å². The number of carbonyl (C=O) groups excluding carboxylic acids is 1. The van der Waals surface area contributed by atoms with Crippen LogP contribution in [0.5, 0.6) is 5.75 Å². The highest BCUT2D eigenvalue weighted by Crippen LogP contribution is 2.23. The number of nitrogens with zero attached hydrogens (tertiary/aromatic N) is 3. The van der Waals surface area contributed by atoms with Gasteiger partial charge in [-0.1, -0.05) is 65.9 Å². The Hall–Kier alpha value is -3.06. The Morgan fingerprint density at radius 1 is 1.23 bits per heavy atom. The molecule has 6 nitrogen and oxygen atoms in total. The minimum absolute atomic E-state index is 0.0342. The zero-order valence-corrected chi connectivity index (χ0v) is 18.8. The van der Waals surface area contributed by atoms with Gasteiger partial charge in [0.25, 0.3) is 0 Å². The molecule has 1 aromatic heterocycles. The van der Waals surface area contributed by atoms with Gasteiger partial charge in [-0.15, -0.1) is 16.8 Å². The number of carbonyl (C=O) groups is 1. The number of aryl methyl sites for hydroxylation is 2. The molecule has 3 aromatic rings. The number of hydrogen-bond donors (Lipinski definition) is 1. The van der Waals surface area contributed by atoms with Gasteiger partial charge in [0.1, 0.15) is 5.75 Å². The van der Waals surface area contributed by atoms with E-state index in [1.165, 1.54) is 11.1 Å². The highest BCUT2D eigenvalue weighted by atomic mass is 32.2. The fourth-order valence-corrected chi connectivity index (χ4v) is 4.15. The molecule has 3 rings (SSSR count). The van der Waals surface area contributed by atoms with E-state index in [1.807, 2.05) is 34.9 Å². The van der Waals surface area contributed by atoms with Gasteiger partial charge in [-0.25, -0.2) is 0 Å². The van der Waals surface area contributed by atoms with Crippen LogP contribution in [0.25, 0.3) is 0 Å². The van der Waals surface area contributed by atoms with Crippen LogP contribution in [-0.4, -0.2) is 27.8 Å². The highest BCUT2D eigenvalue weighted by molar-refractivity contribution is 7.98. The second kappa shape index (κ2) is 11.4. The molecule has 0 unspecified atom stereocenters. The van der Waals surface area contributed by atoms with Crippen LogP contribution in [0.3, 0.4) is 0 Å². The van der Waals surface area contributed by atoms with Crippen molar-refractivity contribution in [3.05, 3.63) is 83.7 Å². The average molecular weight is 437 g/mol. The first-order valence-electron chi connectivity index (χ1n) is 10.2. The first-order chi connectivity index (χ1) is 15.1. The molecule has 0 spiro atoms. The van der Waals surface area contributed by atoms with E-state index < -0.39 is 0 Å². The zero-order chi connectivity index (χ0) is 22.1. The molecule has 0 fully saturated rings. The highest BCUT2D eigenvalue weighted by Gasteiger charge is 2.13. The summed E-state index contributed by atoms with van der Waals surface area (Å²) in [5.41, 5.74) is 3.50. The molecule has 1 N–H and O–H groups in total. The van der Waals surface area contributed by atoms with E-state index in [-0.39, 0.29) is 5.91 Å². The topological polar surface area (TPSA) is 69.0 Å². The second-order valence-electron chi connectivity index (χ2n) is 7.16. The molecule has 0 aliphatic heterocycles. The van der Waals surface area contributed by atoms with Gasteiger partial charge in [0, 0.05) is 18.7 Å². The van der Waals surface area contributed by atoms with Crippen molar-refractivity contribution in [1.29, 1.82) is 0 Å². The molecular formula is C24H28N4O2S. The Morgan fingerprint density at radius 3 is 2.84 bits per heavy atom. The fourth-order valence-electron chi connectivity index (χ4n) is 3.24. The number of benzene rings is 2. The summed E-state index contributed by atoms with van der Waals surface area (Å²) in [5, 5.41) is 12.4. The molecule has 0 bridgehead atoms. The van der Waals surface area contributed by atoms with Gasteiger partial charge in [0.05, 0.1) is 13.7 Å². The number of hydrogen-bond acceptors (Lipinski definition) is 5. The Labute approximate surface area is 187 Å². The third kappa shape index (κ3) is 6.46. The first kappa shape index (κ1) is 22.6. The summed E-state index contributed by atoms with van der Waals surface area (Å²) in [6, 6.07) is 16.2. The van der Waals surface area contributed by atoms with Crippen molar-refractivity contribution >= 4 is 17.7 Å². The molecular weight excluding hydrogens is 408 g/mol. The van der Waals surface area contributed by atoms with Crippen molar-refractivity contribution in [2.45, 2.75) is 43.8 Å². The fraction of sp³-hybridized carbons (Fsp3) is 0.292. The molecule has 0 atom stereocenters. The minimum atomic E-state index is -0.0342. The van der Waals surface area contributed by atoms with E-state index >= 15 is 0 Å². The van der Waals surface area contributed by atoms with Gasteiger partial charge in [-0.2, -0.15) is 0 Å². The molecule has 1 amide bonds. The summed E-state index contributed by atoms with van der Waals surface area (Å²) >= 11 is 1.63. The number of thioether (sulfide) groups is 1. The van der Waals surface area contributed by atoms with E-state index in [0.717, 1.165) is 28.0 Å². The van der Waals surface area contributed by atoms with E-state index in [0.29, 0.717) is 25.9 Å². The Balaban J connectivity index is 1.56. The van der Waals surface area contributed by atoms with Gasteiger partial charge in [0.15, 0.2) is 11.0 Å². The van der Waals surface area contributed by atoms with Crippen LogP contribution in [-0.2, 0) is 30.1 Å². The normalized spacial score (nSPS) is 10.6. The smallest absolute Gasteiger partial charge is 0.220 e. The molecule has 7 heteroatoms. The van der Waals surface area contributed by atoms with Crippen LogP contribution < -0.4 is 10.1 Å². The number of para-hydroxylation sites is 1. The number of ether oxygens (including phenoxy) is 1. The summed E-state index contributed by atoms with van der Waals surface area (Å²) in [4.78, 5) is 12.4. The third-order valence-corrected chi connectivity index (χ3v) is 5.85. The SMILES string of the molecule is C=CCn1c(CNC(=O)CCc2ccccc2OC)nnc1SCc1cccc(C)c1. The maximum atomic E-state index is 12.4. The number of nitrogens with one attached hydrogen (secondary N) is 1. The van der Waals surface area contributed by atoms with E-state index in [4.69, 9.17) is 4.74 Å². The molecule has 0 aliphatic rings. The maximum absolute atomic E-state index is 12.4. The summed E-state index contributed by atoms with van der Waals surface area (Å²) in [6.45, 7) is 6.85. The summed E-state index contributed by atoms with van der Waals surface area (Å²) in [5.74, 6) is 2.30. The number of allylic oxidation sites excluding steroid dienone is 1. The first-order valence-corrected chi connectivity index (χ1v) is 11.2. The standard InChI is InChI=1S/C24H28N4O2S/c1-4-14-28-22(26-27-24(28)31-17-19-9-7-8-18(2)15-19)16-25-23(29)13-12-20-10-5-6-11-21(20)30-3/h4-11,15H,1,12-14,16-17H2,2-3H3,(H,25,29). The quantitative estimate of drug-likeness (QED) is 0.358. The molecule has 162 valence electrons. The molecule has 1 heterocycles. The number of aromatic nitrogens is 3. The maximum Gasteiger partial charge on any atom is 0.220 e. The zero-order valence-electron chi connectivity index (χ0n) is 18.0. The van der Waals surface area contributed by atoms with Crippen LogP contribution >= 0.6 is 11.8 Å². The number of methoxy groups -OCH3 is 1. The van der Waals surface area contributed by atoms with E-state index in [1.54, 1.807) is 18.9 Å². The van der Waals surface area contributed by atoms with Gasteiger partial charge in [-0.05, 0) is 30.5 Å². The molecule has 0 aliphatic carbocycles. The molecule has 31 heavy (non-hydrogen) atoms. The van der Waals surface area contributed by atoms with Crippen molar-refractivity contribution in [1.82, 2.24) is 20.1 Å². The van der Waals surface area contributed by atoms with Gasteiger partial charge in [0.2, 0.25) is 5.91 Å². The summed E-state index contributed by atoms with van der Waals surface area (Å²) in [6.07, 6.45) is 2.81. The Bertz CT molecular complexity index is 1030. The predicted octanol–water partition coefficient (Wildman–Crippen LogP) is 4.32. The van der Waals surface area contributed by atoms with Crippen molar-refractivity contribution in [2.24, 2.45) is 0 Å².